The molecule has 0 aromatic carbocycles. The molecule has 6 heteroatoms. The summed E-state index contributed by atoms with van der Waals surface area (Å²) in [6.45, 7) is 4.84. The normalized spacial score (nSPS) is 12.4. The fraction of sp³-hybridized carbons (Fsp3) is 0.438. The van der Waals surface area contributed by atoms with Crippen LogP contribution < -0.4 is 5.73 Å². The minimum Gasteiger partial charge on any atom is -0.341 e. The minimum atomic E-state index is -0.00578. The number of carbonyl (C=O) groups is 1. The molecule has 0 radical (unpaired) electrons. The molecule has 1 unspecified atom stereocenters. The third-order valence-corrected chi connectivity index (χ3v) is 4.68. The Bertz CT molecular complexity index is 612. The van der Waals surface area contributed by atoms with Crippen molar-refractivity contribution in [3.05, 3.63) is 35.6 Å². The number of carbonyl (C=O) groups excluding carboxylic acids is 1. The largest absolute Gasteiger partial charge is 0.341 e. The molecule has 2 aromatic heterocycles. The predicted octanol–water partition coefficient (Wildman–Crippen LogP) is 2.65. The first-order valence-corrected chi connectivity index (χ1v) is 8.18. The Balaban J connectivity index is 2.00. The number of nitrogens with two attached hydrogens (primary N) is 1. The van der Waals surface area contributed by atoms with Crippen LogP contribution in [-0.2, 0) is 0 Å². The van der Waals surface area contributed by atoms with Crippen LogP contribution in [0.4, 0.5) is 0 Å². The lowest BCUT2D eigenvalue weighted by atomic mass is 10.0. The zero-order valence-electron chi connectivity index (χ0n) is 13.2. The molecule has 0 fully saturated rings. The summed E-state index contributed by atoms with van der Waals surface area (Å²) in [5.41, 5.74) is 7.01. The monoisotopic (exact) mass is 318 g/mol. The van der Waals surface area contributed by atoms with E-state index < -0.39 is 0 Å². The van der Waals surface area contributed by atoms with Gasteiger partial charge in [0.1, 0.15) is 9.88 Å². The molecule has 2 heterocycles. The van der Waals surface area contributed by atoms with E-state index in [1.807, 2.05) is 12.1 Å². The van der Waals surface area contributed by atoms with Gasteiger partial charge < -0.3 is 10.6 Å². The number of nitrogens with zero attached hydrogens (tertiary/aromatic N) is 3. The van der Waals surface area contributed by atoms with Gasteiger partial charge in [-0.3, -0.25) is 9.78 Å². The Morgan fingerprint density at radius 2 is 2.05 bits per heavy atom. The summed E-state index contributed by atoms with van der Waals surface area (Å²) in [5.74, 6) is 0.416. The molecule has 0 spiro atoms. The van der Waals surface area contributed by atoms with Gasteiger partial charge in [0, 0.05) is 37.6 Å². The smallest absolute Gasteiger partial charge is 0.265 e. The minimum absolute atomic E-state index is 0.00578. The lowest BCUT2D eigenvalue weighted by Crippen LogP contribution is -2.34. The first-order valence-electron chi connectivity index (χ1n) is 7.36. The van der Waals surface area contributed by atoms with E-state index in [2.05, 4.69) is 23.8 Å². The lowest BCUT2D eigenvalue weighted by molar-refractivity contribution is 0.0793. The van der Waals surface area contributed by atoms with Crippen molar-refractivity contribution >= 4 is 17.2 Å². The summed E-state index contributed by atoms with van der Waals surface area (Å²) >= 11 is 1.40. The molecule has 0 bridgehead atoms. The molecule has 1 atom stereocenters. The average Bonchev–Trinajstić information content (AvgIpc) is 3.02. The van der Waals surface area contributed by atoms with Gasteiger partial charge in [-0.1, -0.05) is 13.8 Å². The van der Waals surface area contributed by atoms with Crippen LogP contribution >= 0.6 is 11.3 Å². The summed E-state index contributed by atoms with van der Waals surface area (Å²) in [6, 6.07) is 3.89. The van der Waals surface area contributed by atoms with E-state index >= 15 is 0 Å². The summed E-state index contributed by atoms with van der Waals surface area (Å²) < 4.78 is 0. The Morgan fingerprint density at radius 1 is 1.36 bits per heavy atom. The summed E-state index contributed by atoms with van der Waals surface area (Å²) in [7, 11) is 1.81. The highest BCUT2D eigenvalue weighted by atomic mass is 32.1. The van der Waals surface area contributed by atoms with Crippen molar-refractivity contribution in [3.63, 3.8) is 0 Å². The zero-order chi connectivity index (χ0) is 16.1. The van der Waals surface area contributed by atoms with Gasteiger partial charge in [-0.25, -0.2) is 4.98 Å². The van der Waals surface area contributed by atoms with E-state index in [4.69, 9.17) is 5.73 Å². The van der Waals surface area contributed by atoms with Crippen LogP contribution in [0.25, 0.3) is 10.6 Å². The Hall–Kier alpha value is -1.79. The highest BCUT2D eigenvalue weighted by Crippen LogP contribution is 2.25. The molecule has 0 saturated carbocycles. The van der Waals surface area contributed by atoms with Crippen LogP contribution in [0.5, 0.6) is 0 Å². The average molecular weight is 318 g/mol. The van der Waals surface area contributed by atoms with Crippen LogP contribution in [0.1, 0.15) is 29.9 Å². The number of aromatic nitrogens is 2. The fourth-order valence-electron chi connectivity index (χ4n) is 1.97. The van der Waals surface area contributed by atoms with Crippen molar-refractivity contribution in [1.82, 2.24) is 14.9 Å². The van der Waals surface area contributed by atoms with Crippen molar-refractivity contribution < 1.29 is 4.79 Å². The molecule has 0 aliphatic carbocycles. The van der Waals surface area contributed by atoms with Gasteiger partial charge in [-0.05, 0) is 24.5 Å². The number of pyridine rings is 1. The Morgan fingerprint density at radius 3 is 2.68 bits per heavy atom. The number of hydrogen-bond acceptors (Lipinski definition) is 5. The second-order valence-corrected chi connectivity index (χ2v) is 6.72. The number of amides is 1. The van der Waals surface area contributed by atoms with Crippen molar-refractivity contribution in [2.45, 2.75) is 26.3 Å². The van der Waals surface area contributed by atoms with E-state index in [-0.39, 0.29) is 11.9 Å². The molecular formula is C16H22N4OS. The van der Waals surface area contributed by atoms with Gasteiger partial charge in [0.25, 0.3) is 5.91 Å². The van der Waals surface area contributed by atoms with E-state index in [1.165, 1.54) is 11.3 Å². The molecule has 0 aliphatic heterocycles. The maximum absolute atomic E-state index is 12.4. The Labute approximate surface area is 135 Å². The van der Waals surface area contributed by atoms with Crippen LogP contribution in [0.2, 0.25) is 0 Å². The third-order valence-electron chi connectivity index (χ3n) is 3.64. The van der Waals surface area contributed by atoms with Crippen LogP contribution in [0.15, 0.2) is 30.7 Å². The summed E-state index contributed by atoms with van der Waals surface area (Å²) in [5, 5.41) is 0.832. The molecule has 5 nitrogen and oxygen atoms in total. The molecule has 0 aliphatic rings. The molecule has 118 valence electrons. The molecule has 2 N–H and O–H groups in total. The number of rotatable bonds is 6. The van der Waals surface area contributed by atoms with Gasteiger partial charge in [0.05, 0.1) is 6.20 Å². The highest BCUT2D eigenvalue weighted by molar-refractivity contribution is 7.16. The molecular weight excluding hydrogens is 296 g/mol. The first kappa shape index (κ1) is 16.6. The van der Waals surface area contributed by atoms with Crippen molar-refractivity contribution in [1.29, 1.82) is 0 Å². The highest BCUT2D eigenvalue weighted by Gasteiger charge is 2.17. The summed E-state index contributed by atoms with van der Waals surface area (Å²) in [4.78, 5) is 23.1. The van der Waals surface area contributed by atoms with Crippen molar-refractivity contribution in [2.24, 2.45) is 11.7 Å². The van der Waals surface area contributed by atoms with Crippen LogP contribution in [0, 0.1) is 5.92 Å². The van der Waals surface area contributed by atoms with Crippen molar-refractivity contribution in [2.75, 3.05) is 13.6 Å². The first-order chi connectivity index (χ1) is 10.5. The van der Waals surface area contributed by atoms with Crippen molar-refractivity contribution in [3.8, 4) is 10.6 Å². The maximum Gasteiger partial charge on any atom is 0.265 e. The lowest BCUT2D eigenvalue weighted by Gasteiger charge is -2.20. The third kappa shape index (κ3) is 4.11. The van der Waals surface area contributed by atoms with E-state index in [1.54, 1.807) is 30.5 Å². The van der Waals surface area contributed by atoms with E-state index in [0.717, 1.165) is 17.0 Å². The van der Waals surface area contributed by atoms with E-state index in [0.29, 0.717) is 17.3 Å². The van der Waals surface area contributed by atoms with Gasteiger partial charge >= 0.3 is 0 Å². The van der Waals surface area contributed by atoms with Gasteiger partial charge in [-0.15, -0.1) is 11.3 Å². The molecule has 0 saturated heterocycles. The fourth-order valence-corrected chi connectivity index (χ4v) is 2.88. The Kier molecular flexibility index (Phi) is 5.63. The zero-order valence-corrected chi connectivity index (χ0v) is 14.0. The maximum atomic E-state index is 12.4. The van der Waals surface area contributed by atoms with Crippen LogP contribution in [0.3, 0.4) is 0 Å². The quantitative estimate of drug-likeness (QED) is 0.889. The second-order valence-electron chi connectivity index (χ2n) is 5.69. The topological polar surface area (TPSA) is 72.1 Å². The molecule has 22 heavy (non-hydrogen) atoms. The van der Waals surface area contributed by atoms with Gasteiger partial charge in [0.2, 0.25) is 0 Å². The molecule has 2 aromatic rings. The van der Waals surface area contributed by atoms with Gasteiger partial charge in [0.15, 0.2) is 0 Å². The van der Waals surface area contributed by atoms with Gasteiger partial charge in [-0.2, -0.15) is 0 Å². The molecule has 2 rings (SSSR count). The number of hydrogen-bond donors (Lipinski definition) is 1. The number of thiazole rings is 1. The molecule has 1 amide bonds. The SMILES string of the molecule is CC(C)C(N)CCN(C)C(=O)c1cnc(-c2ccncc2)s1. The predicted molar refractivity (Wildman–Crippen MR) is 89.7 cm³/mol. The standard InChI is InChI=1S/C16H22N4OS/c1-11(2)13(17)6-9-20(3)16(21)14-10-19-15(22-14)12-4-7-18-8-5-12/h4-5,7-8,10-11,13H,6,9,17H2,1-3H3. The second kappa shape index (κ2) is 7.47. The summed E-state index contributed by atoms with van der Waals surface area (Å²) in [6.07, 6.45) is 5.88. The van der Waals surface area contributed by atoms with E-state index in [9.17, 15) is 4.79 Å². The van der Waals surface area contributed by atoms with Crippen LogP contribution in [-0.4, -0.2) is 40.4 Å².